The third-order valence-electron chi connectivity index (χ3n) is 11.8. The van der Waals surface area contributed by atoms with Crippen LogP contribution in [-0.4, -0.2) is 95.9 Å². The number of unbranched alkanes of at least 4 members (excludes halogenated alkanes) is 11. The first-order valence-corrected chi connectivity index (χ1v) is 33.5. The van der Waals surface area contributed by atoms with E-state index in [9.17, 15) is 43.5 Å². The molecule has 83 heavy (non-hydrogen) atoms. The number of phosphoric ester groups is 2. The van der Waals surface area contributed by atoms with Gasteiger partial charge in [-0.15, -0.1) is 0 Å². The Balaban J connectivity index is 4.75. The fourth-order valence-corrected chi connectivity index (χ4v) is 8.82. The maximum absolute atomic E-state index is 12.9. The summed E-state index contributed by atoms with van der Waals surface area (Å²) in [5.74, 6) is -1.71. The van der Waals surface area contributed by atoms with Crippen molar-refractivity contribution >= 4 is 33.6 Å². The molecule has 0 aromatic carbocycles. The van der Waals surface area contributed by atoms with Gasteiger partial charge in [0.1, 0.15) is 25.4 Å². The Labute approximate surface area is 499 Å². The van der Waals surface area contributed by atoms with Crippen LogP contribution in [0.3, 0.4) is 0 Å². The number of aliphatic hydroxyl groups excluding tert-OH is 2. The number of aliphatic hydroxyl groups is 2. The summed E-state index contributed by atoms with van der Waals surface area (Å²) in [7, 11) is -9.80. The molecule has 18 heteroatoms. The second-order valence-electron chi connectivity index (χ2n) is 19.7. The number of hydrogen-bond acceptors (Lipinski definition) is 14. The van der Waals surface area contributed by atoms with Gasteiger partial charge in [0.25, 0.3) is 0 Å². The number of carbonyl (C=O) groups excluding carboxylic acids is 3. The van der Waals surface area contributed by atoms with E-state index in [2.05, 4.69) is 136 Å². The molecule has 0 aliphatic carbocycles. The van der Waals surface area contributed by atoms with Crippen LogP contribution in [-0.2, 0) is 55.8 Å². The van der Waals surface area contributed by atoms with Gasteiger partial charge in [0, 0.05) is 19.3 Å². The van der Waals surface area contributed by atoms with E-state index in [1.54, 1.807) is 0 Å². The Morgan fingerprint density at radius 2 is 0.663 bits per heavy atom. The van der Waals surface area contributed by atoms with Crippen molar-refractivity contribution in [2.45, 2.75) is 219 Å². The average molecular weight is 1210 g/mol. The number of hydrogen-bond donors (Lipinski definition) is 4. The highest BCUT2D eigenvalue weighted by atomic mass is 31.2. The molecule has 0 heterocycles. The van der Waals surface area contributed by atoms with Crippen LogP contribution in [0.2, 0.25) is 0 Å². The first-order chi connectivity index (χ1) is 40.2. The Bertz CT molecular complexity index is 2050. The summed E-state index contributed by atoms with van der Waals surface area (Å²) >= 11 is 0. The SMILES string of the molecule is CC/C=C\C/C=C\C/C=C\C/C=C\C/C=C\C/C=C\CCC(=O)OCC(O)COP(=O)(O)OCC(O)COP(=O)(O)OCC(COC(=O)CCCCCCC/C=C\C/C=C\C/C=C\CC)OC(=O)CCCCCCC/C=C\C/C=C\CCC. The molecule has 472 valence electrons. The van der Waals surface area contributed by atoms with Crippen molar-refractivity contribution in [3.63, 3.8) is 0 Å². The molecule has 0 radical (unpaired) electrons. The van der Waals surface area contributed by atoms with Crippen LogP contribution in [0.25, 0.3) is 0 Å². The molecule has 0 spiro atoms. The molecule has 0 bridgehead atoms. The molecule has 5 atom stereocenters. The van der Waals surface area contributed by atoms with Crippen LogP contribution in [0, 0.1) is 0 Å². The molecular formula is C65H106O16P2. The lowest BCUT2D eigenvalue weighted by Gasteiger charge is -2.21. The summed E-state index contributed by atoms with van der Waals surface area (Å²) in [4.78, 5) is 58.1. The van der Waals surface area contributed by atoms with E-state index >= 15 is 0 Å². The van der Waals surface area contributed by atoms with Crippen molar-refractivity contribution in [3.05, 3.63) is 134 Å². The second kappa shape index (κ2) is 58.1. The van der Waals surface area contributed by atoms with Crippen molar-refractivity contribution in [1.29, 1.82) is 0 Å². The van der Waals surface area contributed by atoms with Crippen molar-refractivity contribution < 1.29 is 75.8 Å². The van der Waals surface area contributed by atoms with Crippen molar-refractivity contribution in [2.75, 3.05) is 39.6 Å². The predicted molar refractivity (Wildman–Crippen MR) is 334 cm³/mol. The topological polar surface area (TPSA) is 231 Å². The van der Waals surface area contributed by atoms with E-state index in [0.29, 0.717) is 25.7 Å². The number of rotatable bonds is 56. The Morgan fingerprint density at radius 1 is 0.349 bits per heavy atom. The van der Waals surface area contributed by atoms with Crippen LogP contribution in [0.15, 0.2) is 134 Å². The Kier molecular flexibility index (Phi) is 55.1. The molecule has 0 saturated heterocycles. The van der Waals surface area contributed by atoms with E-state index in [4.69, 9.17) is 32.3 Å². The third kappa shape index (κ3) is 59.2. The fourth-order valence-electron chi connectivity index (χ4n) is 7.23. The summed E-state index contributed by atoms with van der Waals surface area (Å²) in [6.45, 7) is 2.20. The first-order valence-electron chi connectivity index (χ1n) is 30.5. The maximum Gasteiger partial charge on any atom is 0.472 e. The number of phosphoric acid groups is 2. The summed E-state index contributed by atoms with van der Waals surface area (Å²) < 4.78 is 60.5. The minimum absolute atomic E-state index is 0.0558. The molecule has 0 saturated carbocycles. The quantitative estimate of drug-likeness (QED) is 0.0146. The lowest BCUT2D eigenvalue weighted by atomic mass is 10.1. The monoisotopic (exact) mass is 1200 g/mol. The second-order valence-corrected chi connectivity index (χ2v) is 22.6. The molecule has 5 unspecified atom stereocenters. The van der Waals surface area contributed by atoms with Gasteiger partial charge >= 0.3 is 33.6 Å². The van der Waals surface area contributed by atoms with Crippen LogP contribution >= 0.6 is 15.6 Å². The van der Waals surface area contributed by atoms with E-state index < -0.39 is 91.5 Å². The summed E-state index contributed by atoms with van der Waals surface area (Å²) in [6, 6.07) is 0. The van der Waals surface area contributed by atoms with Gasteiger partial charge < -0.3 is 34.2 Å². The molecule has 0 aliphatic heterocycles. The van der Waals surface area contributed by atoms with Crippen LogP contribution in [0.4, 0.5) is 0 Å². The maximum atomic E-state index is 12.9. The van der Waals surface area contributed by atoms with Crippen LogP contribution < -0.4 is 0 Å². The molecule has 0 rings (SSSR count). The highest BCUT2D eigenvalue weighted by molar-refractivity contribution is 7.47. The van der Waals surface area contributed by atoms with Gasteiger partial charge in [-0.1, -0.05) is 199 Å². The molecule has 16 nitrogen and oxygen atoms in total. The number of esters is 3. The largest absolute Gasteiger partial charge is 0.472 e. The Hall–Kier alpha value is -4.31. The zero-order chi connectivity index (χ0) is 61.0. The highest BCUT2D eigenvalue weighted by Crippen LogP contribution is 2.45. The highest BCUT2D eigenvalue weighted by Gasteiger charge is 2.29. The average Bonchev–Trinajstić information content (AvgIpc) is 3.46. The van der Waals surface area contributed by atoms with Crippen molar-refractivity contribution in [2.24, 2.45) is 0 Å². The van der Waals surface area contributed by atoms with Gasteiger partial charge in [0.15, 0.2) is 6.10 Å². The number of carbonyl (C=O) groups is 3. The molecule has 0 fully saturated rings. The van der Waals surface area contributed by atoms with Gasteiger partial charge in [0.05, 0.1) is 26.4 Å². The summed E-state index contributed by atoms with van der Waals surface area (Å²) in [5, 5.41) is 20.5. The minimum atomic E-state index is -4.93. The number of allylic oxidation sites excluding steroid dienone is 22. The standard InChI is InChI=1S/C65H106O16P2/c1-4-7-10-13-16-19-22-25-27-28-29-30-32-35-36-39-42-45-48-51-63(68)75-54-60(66)55-77-82(71,72)78-56-61(67)57-79-83(73,74)80-59-62(81-65(70)53-50-47-44-41-38-33-24-21-18-15-12-9-6-3)58-76-64(69)52-49-46-43-40-37-34-31-26-23-20-17-14-11-8-5-2/h7-8,10-12,15-17,19-21,24-27,29-31,35-36,42,45,60-62,66-67H,4-6,9,13-14,18,22-23,28,32-34,37-41,43-44,46-59H2,1-3H3,(H,71,72)(H,73,74)/b10-7-,11-8-,15-12-,19-16-,20-17-,24-21-,27-25-,30-29-,31-26-,36-35-,45-42-. The van der Waals surface area contributed by atoms with Crippen molar-refractivity contribution in [1.82, 2.24) is 0 Å². The fraction of sp³-hybridized carbons (Fsp3) is 0.615. The van der Waals surface area contributed by atoms with Crippen molar-refractivity contribution in [3.8, 4) is 0 Å². The van der Waals surface area contributed by atoms with Gasteiger partial charge in [-0.3, -0.25) is 32.5 Å². The Morgan fingerprint density at radius 3 is 1.08 bits per heavy atom. The summed E-state index contributed by atoms with van der Waals surface area (Å²) in [6.07, 6.45) is 65.4. The molecular weight excluding hydrogens is 1100 g/mol. The van der Waals surface area contributed by atoms with E-state index in [0.717, 1.165) is 135 Å². The smallest absolute Gasteiger partial charge is 0.463 e. The predicted octanol–water partition coefficient (Wildman–Crippen LogP) is 16.1. The molecule has 0 aromatic rings. The molecule has 0 aliphatic rings. The first kappa shape index (κ1) is 78.7. The normalized spacial score (nSPS) is 15.3. The van der Waals surface area contributed by atoms with Gasteiger partial charge in [-0.25, -0.2) is 9.13 Å². The molecule has 0 aromatic heterocycles. The molecule has 0 amide bonds. The van der Waals surface area contributed by atoms with Gasteiger partial charge in [-0.05, 0) is 116 Å². The zero-order valence-electron chi connectivity index (χ0n) is 50.6. The zero-order valence-corrected chi connectivity index (χ0v) is 52.3. The minimum Gasteiger partial charge on any atom is -0.463 e. The van der Waals surface area contributed by atoms with Crippen LogP contribution in [0.5, 0.6) is 0 Å². The summed E-state index contributed by atoms with van der Waals surface area (Å²) in [5.41, 5.74) is 0. The molecule has 4 N–H and O–H groups in total. The van der Waals surface area contributed by atoms with E-state index in [1.807, 2.05) is 18.2 Å². The lowest BCUT2D eigenvalue weighted by molar-refractivity contribution is -0.161. The van der Waals surface area contributed by atoms with Gasteiger partial charge in [0.2, 0.25) is 0 Å². The number of ether oxygens (including phenoxy) is 3. The van der Waals surface area contributed by atoms with Crippen LogP contribution in [0.1, 0.15) is 201 Å². The lowest BCUT2D eigenvalue weighted by Crippen LogP contribution is -2.30. The van der Waals surface area contributed by atoms with E-state index in [1.165, 1.54) is 0 Å². The third-order valence-corrected chi connectivity index (χ3v) is 13.7. The van der Waals surface area contributed by atoms with E-state index in [-0.39, 0.29) is 19.3 Å². The van der Waals surface area contributed by atoms with Gasteiger partial charge in [-0.2, -0.15) is 0 Å².